The van der Waals surface area contributed by atoms with Gasteiger partial charge in [-0.25, -0.2) is 0 Å². The molecule has 0 N–H and O–H groups in total. The second kappa shape index (κ2) is 28.6. The molecule has 0 radical (unpaired) electrons. The molecule has 1 fully saturated rings. The molecule has 0 nitrogen and oxygen atoms in total. The van der Waals surface area contributed by atoms with Gasteiger partial charge in [-0.2, -0.15) is 0 Å². The molecule has 136 valence electrons. The molecule has 0 amide bonds. The maximum Gasteiger partial charge on any atom is -0.0349 e. The van der Waals surface area contributed by atoms with Crippen LogP contribution in [0.3, 0.4) is 0 Å². The van der Waals surface area contributed by atoms with Gasteiger partial charge in [0.1, 0.15) is 0 Å². The average Bonchev–Trinajstić information content (AvgIpc) is 2.53. The molecule has 0 bridgehead atoms. The van der Waals surface area contributed by atoms with Gasteiger partial charge in [-0.15, -0.1) is 5.73 Å². The first-order chi connectivity index (χ1) is 10.6. The summed E-state index contributed by atoms with van der Waals surface area (Å²) in [4.78, 5) is 0. The monoisotopic (exact) mass is 312 g/mol. The van der Waals surface area contributed by atoms with Crippen molar-refractivity contribution in [3.63, 3.8) is 0 Å². The Morgan fingerprint density at radius 1 is 0.955 bits per heavy atom. The number of allylic oxidation sites excluding steroid dienone is 1. The van der Waals surface area contributed by atoms with Crippen molar-refractivity contribution in [2.45, 2.75) is 115 Å². The summed E-state index contributed by atoms with van der Waals surface area (Å²) >= 11 is 0. The van der Waals surface area contributed by atoms with Crippen LogP contribution in [0, 0.1) is 11.8 Å². The van der Waals surface area contributed by atoms with Gasteiger partial charge in [-0.05, 0) is 50.7 Å². The third kappa shape index (κ3) is 24.5. The summed E-state index contributed by atoms with van der Waals surface area (Å²) < 4.78 is 0. The van der Waals surface area contributed by atoms with Crippen molar-refractivity contribution in [3.05, 3.63) is 17.4 Å². The van der Waals surface area contributed by atoms with Gasteiger partial charge in [0.05, 0.1) is 0 Å². The molecule has 0 aromatic carbocycles. The van der Waals surface area contributed by atoms with Crippen LogP contribution in [-0.2, 0) is 0 Å². The topological polar surface area (TPSA) is 0 Å². The van der Waals surface area contributed by atoms with Crippen LogP contribution in [0.15, 0.2) is 17.4 Å². The Labute approximate surface area is 144 Å². The lowest BCUT2D eigenvalue weighted by molar-refractivity contribution is 0.242. The number of hydrogen-bond acceptors (Lipinski definition) is 0. The predicted octanol–water partition coefficient (Wildman–Crippen LogP) is 8.82. The molecule has 0 heterocycles. The van der Waals surface area contributed by atoms with Gasteiger partial charge in [0.15, 0.2) is 0 Å². The second-order valence-electron chi connectivity index (χ2n) is 5.15. The highest BCUT2D eigenvalue weighted by atomic mass is 14.3. The fraction of sp³-hybridized carbons (Fsp3) is 0.864. The Kier molecular flexibility index (Phi) is 38.4. The maximum absolute atomic E-state index is 3.00. The van der Waals surface area contributed by atoms with E-state index in [1.807, 2.05) is 68.4 Å². The van der Waals surface area contributed by atoms with E-state index in [9.17, 15) is 0 Å². The van der Waals surface area contributed by atoms with Gasteiger partial charge in [-0.1, -0.05) is 87.5 Å². The highest BCUT2D eigenvalue weighted by molar-refractivity contribution is 4.91. The lowest BCUT2D eigenvalue weighted by Gasteiger charge is -2.28. The van der Waals surface area contributed by atoms with Crippen LogP contribution in [0.25, 0.3) is 0 Å². The van der Waals surface area contributed by atoms with Gasteiger partial charge in [0, 0.05) is 0 Å². The molecule has 1 aliphatic carbocycles. The first-order valence-corrected chi connectivity index (χ1v) is 9.98. The van der Waals surface area contributed by atoms with Gasteiger partial charge in [0.2, 0.25) is 0 Å². The van der Waals surface area contributed by atoms with Crippen LogP contribution >= 0.6 is 0 Å². The highest BCUT2D eigenvalue weighted by Gasteiger charge is 2.19. The zero-order valence-corrected chi connectivity index (χ0v) is 18.0. The molecule has 22 heavy (non-hydrogen) atoms. The molecule has 0 aromatic rings. The highest BCUT2D eigenvalue weighted by Crippen LogP contribution is 2.33. The van der Waals surface area contributed by atoms with E-state index in [1.54, 1.807) is 0 Å². The van der Waals surface area contributed by atoms with E-state index in [1.165, 1.54) is 44.1 Å². The third-order valence-electron chi connectivity index (χ3n) is 3.48. The van der Waals surface area contributed by atoms with Crippen molar-refractivity contribution >= 4 is 0 Å². The lowest BCUT2D eigenvalue weighted by Crippen LogP contribution is -2.15. The number of rotatable bonds is 4. The average molecular weight is 313 g/mol. The quantitative estimate of drug-likeness (QED) is 0.455. The summed E-state index contributed by atoms with van der Waals surface area (Å²) in [5, 5.41) is 0. The Balaban J connectivity index is -0.000000117. The first kappa shape index (κ1) is 29.5. The van der Waals surface area contributed by atoms with Crippen LogP contribution in [-0.4, -0.2) is 0 Å². The molecular formula is C22H48. The predicted molar refractivity (Wildman–Crippen MR) is 109 cm³/mol. The van der Waals surface area contributed by atoms with Crippen LogP contribution < -0.4 is 0 Å². The Hall–Kier alpha value is -0.480. The van der Waals surface area contributed by atoms with E-state index in [2.05, 4.69) is 19.6 Å². The van der Waals surface area contributed by atoms with Gasteiger partial charge >= 0.3 is 0 Å². The zero-order valence-electron chi connectivity index (χ0n) is 18.0. The van der Waals surface area contributed by atoms with Gasteiger partial charge < -0.3 is 0 Å². The molecule has 1 saturated carbocycles. The normalized spacial score (nSPS) is 11.5. The fourth-order valence-corrected chi connectivity index (χ4v) is 2.11. The van der Waals surface area contributed by atoms with Gasteiger partial charge in [0.25, 0.3) is 0 Å². The smallest absolute Gasteiger partial charge is 0.0349 e. The van der Waals surface area contributed by atoms with Crippen molar-refractivity contribution in [1.29, 1.82) is 0 Å². The van der Waals surface area contributed by atoms with Crippen molar-refractivity contribution in [2.75, 3.05) is 0 Å². The van der Waals surface area contributed by atoms with E-state index < -0.39 is 0 Å². The molecule has 0 saturated heterocycles. The first-order valence-electron chi connectivity index (χ1n) is 9.98. The summed E-state index contributed by atoms with van der Waals surface area (Å²) in [5.74, 6) is 2.15. The third-order valence-corrected chi connectivity index (χ3v) is 3.48. The second-order valence-corrected chi connectivity index (χ2v) is 5.15. The molecule has 0 heteroatoms. The molecule has 0 unspecified atom stereocenters. The van der Waals surface area contributed by atoms with Crippen LogP contribution in [0.1, 0.15) is 115 Å². The Morgan fingerprint density at radius 2 is 1.36 bits per heavy atom. The minimum absolute atomic E-state index is 1.03. The van der Waals surface area contributed by atoms with E-state index in [-0.39, 0.29) is 0 Å². The van der Waals surface area contributed by atoms with Crippen molar-refractivity contribution in [1.82, 2.24) is 0 Å². The SMILES string of the molecule is CC.CC.CC.CC=C=C(C)C.CCC(CC)CC1CCC1. The minimum Gasteiger partial charge on any atom is -0.127 e. The summed E-state index contributed by atoms with van der Waals surface area (Å²) in [6, 6.07) is 0. The maximum atomic E-state index is 3.00. The Morgan fingerprint density at radius 3 is 1.50 bits per heavy atom. The summed E-state index contributed by atoms with van der Waals surface area (Å²) in [7, 11) is 0. The Bertz CT molecular complexity index is 206. The molecule has 0 spiro atoms. The molecular weight excluding hydrogens is 264 g/mol. The van der Waals surface area contributed by atoms with Crippen molar-refractivity contribution in [2.24, 2.45) is 11.8 Å². The van der Waals surface area contributed by atoms with E-state index in [4.69, 9.17) is 0 Å². The zero-order chi connectivity index (χ0) is 18.4. The largest absolute Gasteiger partial charge is 0.127 e. The summed E-state index contributed by atoms with van der Waals surface area (Å²) in [6.07, 6.45) is 10.8. The fourth-order valence-electron chi connectivity index (χ4n) is 2.11. The van der Waals surface area contributed by atoms with E-state index in [0.29, 0.717) is 0 Å². The minimum atomic E-state index is 1.03. The van der Waals surface area contributed by atoms with Crippen LogP contribution in [0.5, 0.6) is 0 Å². The molecule has 0 aromatic heterocycles. The molecule has 1 rings (SSSR count). The summed E-state index contributed by atoms with van der Waals surface area (Å²) in [5.41, 5.74) is 4.23. The lowest BCUT2D eigenvalue weighted by atomic mass is 9.78. The van der Waals surface area contributed by atoms with E-state index in [0.717, 1.165) is 11.8 Å². The van der Waals surface area contributed by atoms with Crippen molar-refractivity contribution < 1.29 is 0 Å². The van der Waals surface area contributed by atoms with Gasteiger partial charge in [-0.3, -0.25) is 0 Å². The van der Waals surface area contributed by atoms with Crippen molar-refractivity contribution in [3.8, 4) is 0 Å². The standard InChI is InChI=1S/C10H20.C6H10.3C2H6/c1-3-9(4-2)8-10-6-5-7-10;1-4-5-6(2)3;3*1-2/h9-10H,3-8H2,1-2H3;4H,1-3H3;3*1-2H3. The summed E-state index contributed by atoms with van der Waals surface area (Å²) in [6.45, 7) is 22.7. The van der Waals surface area contributed by atoms with Crippen LogP contribution in [0.2, 0.25) is 0 Å². The molecule has 1 aliphatic rings. The van der Waals surface area contributed by atoms with Crippen LogP contribution in [0.4, 0.5) is 0 Å². The number of hydrogen-bond donors (Lipinski definition) is 0. The molecule has 0 aliphatic heterocycles. The van der Waals surface area contributed by atoms with E-state index >= 15 is 0 Å². The molecule has 0 atom stereocenters.